The zero-order valence-corrected chi connectivity index (χ0v) is 18.2. The standard InChI is InChI=1S/C21H10Cl2N4O4S/c22-15-2-1-3-16(19(15)23)25-9-12(8-24)20-26-17(10-32-20)14-7-11-6-13(27(29)30)4-5-18(11)31-21(14)28/h1-7,9-10,25H/b12-9-. The van der Waals surface area contributed by atoms with Gasteiger partial charge in [0.15, 0.2) is 0 Å². The van der Waals surface area contributed by atoms with E-state index in [9.17, 15) is 20.2 Å². The summed E-state index contributed by atoms with van der Waals surface area (Å²) in [6, 6.07) is 12.5. The van der Waals surface area contributed by atoms with Crippen LogP contribution in [-0.4, -0.2) is 9.91 Å². The van der Waals surface area contributed by atoms with Crippen LogP contribution in [-0.2, 0) is 0 Å². The number of thiazole rings is 1. The molecule has 0 amide bonds. The quantitative estimate of drug-likeness (QED) is 0.157. The third kappa shape index (κ3) is 4.20. The van der Waals surface area contributed by atoms with Crippen LogP contribution in [0.4, 0.5) is 11.4 Å². The van der Waals surface area contributed by atoms with Crippen molar-refractivity contribution in [2.75, 3.05) is 5.32 Å². The van der Waals surface area contributed by atoms with Crippen molar-refractivity contribution in [1.29, 1.82) is 5.26 Å². The number of aromatic nitrogens is 1. The van der Waals surface area contributed by atoms with Crippen molar-refractivity contribution in [3.05, 3.63) is 89.6 Å². The summed E-state index contributed by atoms with van der Waals surface area (Å²) in [5, 5.41) is 26.5. The van der Waals surface area contributed by atoms with E-state index in [-0.39, 0.29) is 28.1 Å². The lowest BCUT2D eigenvalue weighted by atomic mass is 10.1. The molecular weight excluding hydrogens is 475 g/mol. The molecule has 2 aromatic carbocycles. The van der Waals surface area contributed by atoms with Crippen molar-refractivity contribution in [2.24, 2.45) is 0 Å². The molecule has 0 radical (unpaired) electrons. The van der Waals surface area contributed by atoms with Gasteiger partial charge in [-0.1, -0.05) is 29.3 Å². The molecule has 0 fully saturated rings. The summed E-state index contributed by atoms with van der Waals surface area (Å²) >= 11 is 13.3. The Morgan fingerprint density at radius 2 is 2.09 bits per heavy atom. The predicted molar refractivity (Wildman–Crippen MR) is 124 cm³/mol. The number of anilines is 1. The number of fused-ring (bicyclic) bond motifs is 1. The normalized spacial score (nSPS) is 11.3. The van der Waals surface area contributed by atoms with Crippen LogP contribution < -0.4 is 10.9 Å². The van der Waals surface area contributed by atoms with Gasteiger partial charge >= 0.3 is 5.63 Å². The van der Waals surface area contributed by atoms with Crippen molar-refractivity contribution in [2.45, 2.75) is 0 Å². The first-order valence-corrected chi connectivity index (χ1v) is 10.5. The first kappa shape index (κ1) is 21.5. The van der Waals surface area contributed by atoms with Gasteiger partial charge in [0.25, 0.3) is 5.69 Å². The van der Waals surface area contributed by atoms with Gasteiger partial charge in [-0.2, -0.15) is 5.26 Å². The highest BCUT2D eigenvalue weighted by Gasteiger charge is 2.16. The SMILES string of the molecule is N#C/C(=C/Nc1cccc(Cl)c1Cl)c1nc(-c2cc3cc([N+](=O)[O-])ccc3oc2=O)cs1. The number of rotatable bonds is 5. The Bertz CT molecular complexity index is 1500. The Morgan fingerprint density at radius 1 is 1.28 bits per heavy atom. The first-order chi connectivity index (χ1) is 15.4. The summed E-state index contributed by atoms with van der Waals surface area (Å²) in [6.07, 6.45) is 1.44. The maximum atomic E-state index is 12.4. The van der Waals surface area contributed by atoms with E-state index in [1.807, 2.05) is 6.07 Å². The van der Waals surface area contributed by atoms with Gasteiger partial charge in [0.2, 0.25) is 0 Å². The van der Waals surface area contributed by atoms with Gasteiger partial charge in [0, 0.05) is 29.1 Å². The molecule has 1 N–H and O–H groups in total. The molecule has 11 heteroatoms. The molecule has 0 aliphatic rings. The molecule has 32 heavy (non-hydrogen) atoms. The number of nitrogens with one attached hydrogen (secondary N) is 1. The van der Waals surface area contributed by atoms with Crippen LogP contribution in [0.5, 0.6) is 0 Å². The smallest absolute Gasteiger partial charge is 0.345 e. The number of nitrogens with zero attached hydrogens (tertiary/aromatic N) is 3. The molecule has 4 aromatic rings. The minimum atomic E-state index is -0.644. The predicted octanol–water partition coefficient (Wildman–Crippen LogP) is 6.11. The summed E-state index contributed by atoms with van der Waals surface area (Å²) in [6.45, 7) is 0. The minimum absolute atomic E-state index is 0.128. The molecule has 4 rings (SSSR count). The molecule has 0 spiro atoms. The van der Waals surface area contributed by atoms with Crippen molar-refractivity contribution in [1.82, 2.24) is 4.98 Å². The average molecular weight is 485 g/mol. The second kappa shape index (κ2) is 8.80. The third-order valence-corrected chi connectivity index (χ3v) is 6.08. The van der Waals surface area contributed by atoms with Gasteiger partial charge in [0.1, 0.15) is 22.2 Å². The van der Waals surface area contributed by atoms with E-state index >= 15 is 0 Å². The molecule has 158 valence electrons. The van der Waals surface area contributed by atoms with Crippen molar-refractivity contribution in [3.63, 3.8) is 0 Å². The van der Waals surface area contributed by atoms with Crippen LogP contribution >= 0.6 is 34.5 Å². The lowest BCUT2D eigenvalue weighted by Crippen LogP contribution is -2.03. The Labute approximate surface area is 194 Å². The highest BCUT2D eigenvalue weighted by atomic mass is 35.5. The molecule has 8 nitrogen and oxygen atoms in total. The molecule has 0 unspecified atom stereocenters. The summed E-state index contributed by atoms with van der Waals surface area (Å²) in [4.78, 5) is 27.3. The Morgan fingerprint density at radius 3 is 2.84 bits per heavy atom. The van der Waals surface area contributed by atoms with E-state index in [0.717, 1.165) is 11.3 Å². The molecule has 0 atom stereocenters. The fourth-order valence-electron chi connectivity index (χ4n) is 2.83. The first-order valence-electron chi connectivity index (χ1n) is 8.87. The van der Waals surface area contributed by atoms with Gasteiger partial charge < -0.3 is 9.73 Å². The van der Waals surface area contributed by atoms with Gasteiger partial charge in [-0.05, 0) is 24.3 Å². The molecule has 0 bridgehead atoms. The zero-order valence-electron chi connectivity index (χ0n) is 15.8. The van der Waals surface area contributed by atoms with Crippen LogP contribution in [0, 0.1) is 21.4 Å². The lowest BCUT2D eigenvalue weighted by Gasteiger charge is -2.05. The maximum absolute atomic E-state index is 12.4. The Kier molecular flexibility index (Phi) is 5.92. The van der Waals surface area contributed by atoms with Crippen LogP contribution in [0.2, 0.25) is 10.0 Å². The second-order valence-electron chi connectivity index (χ2n) is 6.38. The lowest BCUT2D eigenvalue weighted by molar-refractivity contribution is -0.384. The number of nitro benzene ring substituents is 1. The summed E-state index contributed by atoms with van der Waals surface area (Å²) in [5.41, 5.74) is 0.586. The number of hydrogen-bond donors (Lipinski definition) is 1. The zero-order chi connectivity index (χ0) is 22.8. The van der Waals surface area contributed by atoms with Crippen molar-refractivity contribution < 1.29 is 9.34 Å². The number of allylic oxidation sites excluding steroid dienone is 1. The molecule has 0 saturated carbocycles. The van der Waals surface area contributed by atoms with E-state index in [2.05, 4.69) is 10.3 Å². The Balaban J connectivity index is 1.69. The van der Waals surface area contributed by atoms with Crippen LogP contribution in [0.1, 0.15) is 5.01 Å². The maximum Gasteiger partial charge on any atom is 0.345 e. The van der Waals surface area contributed by atoms with Gasteiger partial charge in [-0.3, -0.25) is 10.1 Å². The van der Waals surface area contributed by atoms with Crippen molar-refractivity contribution in [3.8, 4) is 17.3 Å². The Hall–Kier alpha value is -3.71. The van der Waals surface area contributed by atoms with E-state index in [1.54, 1.807) is 23.6 Å². The van der Waals surface area contributed by atoms with Gasteiger partial charge in [-0.15, -0.1) is 11.3 Å². The topological polar surface area (TPSA) is 122 Å². The highest BCUT2D eigenvalue weighted by Crippen LogP contribution is 2.31. The fraction of sp³-hybridized carbons (Fsp3) is 0. The largest absolute Gasteiger partial charge is 0.422 e. The number of hydrogen-bond acceptors (Lipinski definition) is 8. The molecule has 0 aliphatic carbocycles. The molecule has 2 heterocycles. The van der Waals surface area contributed by atoms with Crippen LogP contribution in [0.25, 0.3) is 27.8 Å². The van der Waals surface area contributed by atoms with Gasteiger partial charge in [0.05, 0.1) is 31.9 Å². The number of nitriles is 1. The van der Waals surface area contributed by atoms with Crippen LogP contribution in [0.3, 0.4) is 0 Å². The molecular formula is C21H10Cl2N4O4S. The molecule has 0 aliphatic heterocycles. The summed E-state index contributed by atoms with van der Waals surface area (Å²) in [5.74, 6) is 0. The fourth-order valence-corrected chi connectivity index (χ4v) is 3.97. The number of benzene rings is 2. The van der Waals surface area contributed by atoms with Gasteiger partial charge in [-0.25, -0.2) is 9.78 Å². The number of non-ortho nitro benzene ring substituents is 1. The summed E-state index contributed by atoms with van der Waals surface area (Å²) < 4.78 is 5.28. The third-order valence-electron chi connectivity index (χ3n) is 4.38. The van der Waals surface area contributed by atoms with Crippen molar-refractivity contribution >= 4 is 62.5 Å². The van der Waals surface area contributed by atoms with E-state index in [0.29, 0.717) is 26.1 Å². The molecule has 0 saturated heterocycles. The highest BCUT2D eigenvalue weighted by molar-refractivity contribution is 7.11. The summed E-state index contributed by atoms with van der Waals surface area (Å²) in [7, 11) is 0. The number of halogens is 2. The minimum Gasteiger partial charge on any atom is -0.422 e. The monoisotopic (exact) mass is 484 g/mol. The second-order valence-corrected chi connectivity index (χ2v) is 8.02. The van der Waals surface area contributed by atoms with Crippen LogP contribution in [0.15, 0.2) is 63.3 Å². The van der Waals surface area contributed by atoms with E-state index in [4.69, 9.17) is 27.6 Å². The molecule has 2 aromatic heterocycles. The van der Waals surface area contributed by atoms with E-state index in [1.165, 1.54) is 30.5 Å². The average Bonchev–Trinajstić information content (AvgIpc) is 3.26. The van der Waals surface area contributed by atoms with E-state index < -0.39 is 10.5 Å². The number of nitro groups is 1.